The van der Waals surface area contributed by atoms with Gasteiger partial charge in [0.1, 0.15) is 10.6 Å². The van der Waals surface area contributed by atoms with Gasteiger partial charge in [-0.1, -0.05) is 15.9 Å². The van der Waals surface area contributed by atoms with E-state index < -0.39 is 32.0 Å². The van der Waals surface area contributed by atoms with Crippen LogP contribution in [0.3, 0.4) is 0 Å². The second-order valence-electron chi connectivity index (χ2n) is 7.07. The van der Waals surface area contributed by atoms with Crippen molar-refractivity contribution in [2.24, 2.45) is 5.73 Å². The molecule has 1 aliphatic rings. The first-order valence-corrected chi connectivity index (χ1v) is 9.71. The zero-order valence-electron chi connectivity index (χ0n) is 13.7. The van der Waals surface area contributed by atoms with Crippen molar-refractivity contribution >= 4 is 37.5 Å². The van der Waals surface area contributed by atoms with Crippen LogP contribution in [0.1, 0.15) is 44.0 Å². The van der Waals surface area contributed by atoms with Gasteiger partial charge in [-0.25, -0.2) is 17.5 Å². The smallest absolute Gasteiger partial charge is 0.253 e. The van der Waals surface area contributed by atoms with Gasteiger partial charge in [0, 0.05) is 16.6 Å². The van der Waals surface area contributed by atoms with Crippen molar-refractivity contribution in [2.45, 2.75) is 43.9 Å². The summed E-state index contributed by atoms with van der Waals surface area (Å²) in [6, 6.07) is 2.64. The number of rotatable bonds is 6. The molecule has 0 atom stereocenters. The van der Waals surface area contributed by atoms with E-state index in [9.17, 15) is 17.6 Å². The fourth-order valence-corrected chi connectivity index (χ4v) is 4.77. The average Bonchev–Trinajstić information content (AvgIpc) is 3.13. The monoisotopic (exact) mass is 421 g/mol. The molecule has 134 valence electrons. The highest BCUT2D eigenvalue weighted by molar-refractivity contribution is 9.10. The molecule has 4 N–H and O–H groups in total. The molecule has 6 nitrogen and oxygen atoms in total. The number of halogens is 2. The fraction of sp³-hybridized carbons (Fsp3) is 0.533. The molecule has 0 radical (unpaired) electrons. The summed E-state index contributed by atoms with van der Waals surface area (Å²) in [6.07, 6.45) is 0.988. The minimum atomic E-state index is -3.56. The van der Waals surface area contributed by atoms with Crippen LogP contribution in [0, 0.1) is 5.82 Å². The minimum Gasteiger partial charge on any atom is -0.383 e. The molecule has 2 rings (SSSR count). The Bertz CT molecular complexity index is 771. The highest BCUT2D eigenvalue weighted by Gasteiger charge is 2.55. The Kier molecular flexibility index (Phi) is 5.00. The average molecular weight is 422 g/mol. The minimum absolute atomic E-state index is 0.0641. The molecule has 9 heteroatoms. The second kappa shape index (κ2) is 6.27. The highest BCUT2D eigenvalue weighted by Crippen LogP contribution is 2.44. The number of hydrogen-bond acceptors (Lipinski definition) is 4. The normalized spacial score (nSPS) is 16.7. The van der Waals surface area contributed by atoms with Crippen LogP contribution in [0.25, 0.3) is 0 Å². The second-order valence-corrected chi connectivity index (χ2v) is 10.1. The molecule has 0 spiro atoms. The number of sulfonamides is 1. The van der Waals surface area contributed by atoms with Crippen LogP contribution in [0.5, 0.6) is 0 Å². The number of anilines is 1. The molecule has 1 amide bonds. The molecule has 1 aromatic carbocycles. The van der Waals surface area contributed by atoms with Crippen molar-refractivity contribution < 1.29 is 17.6 Å². The largest absolute Gasteiger partial charge is 0.383 e. The number of nitrogens with two attached hydrogens (primary N) is 1. The van der Waals surface area contributed by atoms with E-state index in [1.54, 1.807) is 20.8 Å². The predicted molar refractivity (Wildman–Crippen MR) is 94.9 cm³/mol. The molecule has 1 fully saturated rings. The Balaban J connectivity index is 2.24. The van der Waals surface area contributed by atoms with Crippen molar-refractivity contribution in [3.63, 3.8) is 0 Å². The molecule has 0 heterocycles. The van der Waals surface area contributed by atoms with Gasteiger partial charge in [0.05, 0.1) is 11.3 Å². The number of primary amides is 1. The van der Waals surface area contributed by atoms with Gasteiger partial charge in [-0.2, -0.15) is 0 Å². The van der Waals surface area contributed by atoms with Gasteiger partial charge in [-0.05, 0) is 45.7 Å². The number of benzene rings is 1. The van der Waals surface area contributed by atoms with Crippen LogP contribution < -0.4 is 15.8 Å². The van der Waals surface area contributed by atoms with E-state index in [1.807, 2.05) is 0 Å². The van der Waals surface area contributed by atoms with E-state index in [4.69, 9.17) is 5.73 Å². The first-order valence-electron chi connectivity index (χ1n) is 7.43. The zero-order chi connectivity index (χ0) is 18.3. The molecule has 0 unspecified atom stereocenters. The van der Waals surface area contributed by atoms with Gasteiger partial charge in [0.2, 0.25) is 10.0 Å². The summed E-state index contributed by atoms with van der Waals surface area (Å²) >= 11 is 3.15. The first-order chi connectivity index (χ1) is 10.9. The Morgan fingerprint density at radius 2 is 1.96 bits per heavy atom. The molecular formula is C15H21BrFN3O3S. The summed E-state index contributed by atoms with van der Waals surface area (Å²) in [7, 11) is -3.56. The lowest BCUT2D eigenvalue weighted by molar-refractivity contribution is 0.0997. The van der Waals surface area contributed by atoms with Gasteiger partial charge in [0.25, 0.3) is 5.91 Å². The molecule has 1 saturated carbocycles. The lowest BCUT2D eigenvalue weighted by atomic mass is 10.1. The van der Waals surface area contributed by atoms with E-state index in [-0.39, 0.29) is 17.8 Å². The van der Waals surface area contributed by atoms with Gasteiger partial charge in [0.15, 0.2) is 0 Å². The lowest BCUT2D eigenvalue weighted by Crippen LogP contribution is -2.48. The quantitative estimate of drug-likeness (QED) is 0.655. The summed E-state index contributed by atoms with van der Waals surface area (Å²) in [5, 5.41) is 2.88. The van der Waals surface area contributed by atoms with E-state index in [2.05, 4.69) is 26.0 Å². The van der Waals surface area contributed by atoms with Crippen LogP contribution in [0.15, 0.2) is 16.6 Å². The van der Waals surface area contributed by atoms with Crippen LogP contribution in [-0.4, -0.2) is 31.2 Å². The van der Waals surface area contributed by atoms with E-state index in [0.717, 1.165) is 6.07 Å². The summed E-state index contributed by atoms with van der Waals surface area (Å²) in [6.45, 7) is 5.36. The van der Waals surface area contributed by atoms with Crippen LogP contribution >= 0.6 is 15.9 Å². The SMILES string of the molecule is CC(C)(C)NS(=O)(=O)C1(CNc2cc(Br)cc(F)c2C(N)=O)CC1. The summed E-state index contributed by atoms with van der Waals surface area (Å²) < 4.78 is 41.2. The third kappa shape index (κ3) is 4.07. The summed E-state index contributed by atoms with van der Waals surface area (Å²) in [5.74, 6) is -1.68. The maximum Gasteiger partial charge on any atom is 0.253 e. The maximum absolute atomic E-state index is 14.0. The standard InChI is InChI=1S/C15H21BrFN3O3S/c1-14(2,3)20-24(22,23)15(4-5-15)8-19-11-7-9(16)6-10(17)12(11)13(18)21/h6-7,19-20H,4-5,8H2,1-3H3,(H2,18,21). The number of carbonyl (C=O) groups excluding carboxylic acids is 1. The van der Waals surface area contributed by atoms with Gasteiger partial charge in [-0.3, -0.25) is 4.79 Å². The van der Waals surface area contributed by atoms with Crippen molar-refractivity contribution in [1.29, 1.82) is 0 Å². The molecule has 0 bridgehead atoms. The van der Waals surface area contributed by atoms with Crippen LogP contribution in [0.4, 0.5) is 10.1 Å². The van der Waals surface area contributed by atoms with E-state index in [1.165, 1.54) is 6.07 Å². The predicted octanol–water partition coefficient (Wildman–Crippen LogP) is 2.35. The fourth-order valence-electron chi connectivity index (χ4n) is 2.41. The first kappa shape index (κ1) is 19.1. The van der Waals surface area contributed by atoms with E-state index >= 15 is 0 Å². The Labute approximate surface area is 149 Å². The number of hydrogen-bond donors (Lipinski definition) is 3. The molecule has 24 heavy (non-hydrogen) atoms. The van der Waals surface area contributed by atoms with Crippen LogP contribution in [0.2, 0.25) is 0 Å². The van der Waals surface area contributed by atoms with Crippen molar-refractivity contribution in [3.05, 3.63) is 28.0 Å². The number of nitrogens with one attached hydrogen (secondary N) is 2. The van der Waals surface area contributed by atoms with Gasteiger partial charge in [-0.15, -0.1) is 0 Å². The molecule has 1 aromatic rings. The highest BCUT2D eigenvalue weighted by atomic mass is 79.9. The zero-order valence-corrected chi connectivity index (χ0v) is 16.1. The molecule has 0 aliphatic heterocycles. The molecule has 1 aliphatic carbocycles. The summed E-state index contributed by atoms with van der Waals surface area (Å²) in [4.78, 5) is 11.5. The Morgan fingerprint density at radius 1 is 1.38 bits per heavy atom. The number of amides is 1. The lowest BCUT2D eigenvalue weighted by Gasteiger charge is -2.26. The Hall–Kier alpha value is -1.19. The van der Waals surface area contributed by atoms with Gasteiger partial charge >= 0.3 is 0 Å². The van der Waals surface area contributed by atoms with E-state index in [0.29, 0.717) is 17.3 Å². The Morgan fingerprint density at radius 3 is 2.42 bits per heavy atom. The van der Waals surface area contributed by atoms with Crippen molar-refractivity contribution in [1.82, 2.24) is 4.72 Å². The topological polar surface area (TPSA) is 101 Å². The van der Waals surface area contributed by atoms with Crippen LogP contribution in [-0.2, 0) is 10.0 Å². The number of carbonyl (C=O) groups is 1. The molecule has 0 aromatic heterocycles. The third-order valence-corrected chi connectivity index (χ3v) is 6.75. The summed E-state index contributed by atoms with van der Waals surface area (Å²) in [5.41, 5.74) is 4.53. The third-order valence-electron chi connectivity index (χ3n) is 3.72. The molecular weight excluding hydrogens is 401 g/mol. The van der Waals surface area contributed by atoms with Gasteiger partial charge < -0.3 is 11.1 Å². The maximum atomic E-state index is 14.0. The van der Waals surface area contributed by atoms with Crippen molar-refractivity contribution in [2.75, 3.05) is 11.9 Å². The van der Waals surface area contributed by atoms with Crippen molar-refractivity contribution in [3.8, 4) is 0 Å². The molecule has 0 saturated heterocycles.